The number of hydrogen-bond donors (Lipinski definition) is 1. The van der Waals surface area contributed by atoms with Gasteiger partial charge in [0, 0.05) is 50.5 Å². The predicted octanol–water partition coefficient (Wildman–Crippen LogP) is 3.14. The zero-order valence-electron chi connectivity index (χ0n) is 13.9. The quantitative estimate of drug-likeness (QED) is 0.900. The van der Waals surface area contributed by atoms with Crippen LogP contribution in [0.1, 0.15) is 24.8 Å². The zero-order chi connectivity index (χ0) is 17.5. The lowest BCUT2D eigenvalue weighted by Crippen LogP contribution is -2.55. The van der Waals surface area contributed by atoms with Crippen molar-refractivity contribution >= 4 is 11.2 Å². The Hall–Kier alpha value is -1.67. The number of fused-ring (bicyclic) bond motifs is 1. The van der Waals surface area contributed by atoms with Crippen LogP contribution in [0.3, 0.4) is 0 Å². The number of hydrogen-bond acceptors (Lipinski definition) is 4. The summed E-state index contributed by atoms with van der Waals surface area (Å²) in [5.74, 6) is -1.23. The number of H-pyrrole nitrogens is 1. The number of nitrogens with zero attached hydrogens (tertiary/aromatic N) is 3. The number of aromatic nitrogens is 3. The summed E-state index contributed by atoms with van der Waals surface area (Å²) in [6, 6.07) is 0. The van der Waals surface area contributed by atoms with Crippen LogP contribution in [0.15, 0.2) is 18.6 Å². The molecule has 0 amide bonds. The molecule has 1 unspecified atom stereocenters. The zero-order valence-corrected chi connectivity index (χ0v) is 13.9. The second-order valence-electron chi connectivity index (χ2n) is 7.14. The Kier molecular flexibility index (Phi) is 4.19. The first kappa shape index (κ1) is 16.8. The lowest BCUT2D eigenvalue weighted by molar-refractivity contribution is -0.235. The maximum Gasteiger partial charge on any atom is 0.392 e. The molecular formula is C17H21F3N4O. The van der Waals surface area contributed by atoms with Crippen molar-refractivity contribution in [2.24, 2.45) is 11.3 Å². The minimum Gasteiger partial charge on any atom is -0.381 e. The van der Waals surface area contributed by atoms with Crippen molar-refractivity contribution in [1.29, 1.82) is 0 Å². The van der Waals surface area contributed by atoms with Crippen molar-refractivity contribution in [3.63, 3.8) is 0 Å². The van der Waals surface area contributed by atoms with Crippen LogP contribution < -0.4 is 0 Å². The summed E-state index contributed by atoms with van der Waals surface area (Å²) in [5, 5.41) is 0. The van der Waals surface area contributed by atoms with Crippen LogP contribution in [0.25, 0.3) is 11.2 Å². The molecule has 1 atom stereocenters. The standard InChI is InChI=1S/C17H21F3N4O/c18-17(19,20)13-1-6-24(11-16(13)2-7-25-8-3-16)10-12-9-23-15-14(12)21-4-5-22-15/h4-5,9,13H,1-3,6-8,10-11H2,(H,22,23). The SMILES string of the molecule is FC(F)(F)C1CCN(Cc2c[nH]c3nccnc23)CC12CCOCC2. The normalized spacial score (nSPS) is 24.8. The van der Waals surface area contributed by atoms with E-state index in [4.69, 9.17) is 4.74 Å². The Balaban J connectivity index is 1.56. The summed E-state index contributed by atoms with van der Waals surface area (Å²) in [7, 11) is 0. The average Bonchev–Trinajstić information content (AvgIpc) is 2.98. The fourth-order valence-electron chi connectivity index (χ4n) is 4.45. The van der Waals surface area contributed by atoms with Crippen LogP contribution in [0, 0.1) is 11.3 Å². The highest BCUT2D eigenvalue weighted by atomic mass is 19.4. The number of alkyl halides is 3. The van der Waals surface area contributed by atoms with Gasteiger partial charge in [0.25, 0.3) is 0 Å². The lowest BCUT2D eigenvalue weighted by atomic mass is 9.65. The second-order valence-corrected chi connectivity index (χ2v) is 7.14. The molecule has 0 radical (unpaired) electrons. The van der Waals surface area contributed by atoms with Crippen LogP contribution in [0.2, 0.25) is 0 Å². The van der Waals surface area contributed by atoms with E-state index in [1.165, 1.54) is 0 Å². The second kappa shape index (κ2) is 6.25. The fraction of sp³-hybridized carbons (Fsp3) is 0.647. The number of halogens is 3. The van der Waals surface area contributed by atoms with Crippen molar-refractivity contribution in [3.05, 3.63) is 24.2 Å². The van der Waals surface area contributed by atoms with Crippen molar-refractivity contribution in [2.75, 3.05) is 26.3 Å². The summed E-state index contributed by atoms with van der Waals surface area (Å²) < 4.78 is 46.1. The molecule has 1 N–H and O–H groups in total. The number of aromatic amines is 1. The van der Waals surface area contributed by atoms with Gasteiger partial charge in [0.1, 0.15) is 5.52 Å². The van der Waals surface area contributed by atoms with Gasteiger partial charge in [0.15, 0.2) is 5.65 Å². The molecule has 2 fully saturated rings. The molecule has 0 aromatic carbocycles. The molecule has 4 heterocycles. The highest BCUT2D eigenvalue weighted by Crippen LogP contribution is 2.51. The average molecular weight is 354 g/mol. The molecule has 2 aromatic heterocycles. The molecule has 2 saturated heterocycles. The molecular weight excluding hydrogens is 333 g/mol. The van der Waals surface area contributed by atoms with Crippen molar-refractivity contribution in [2.45, 2.75) is 32.0 Å². The first-order valence-corrected chi connectivity index (χ1v) is 8.62. The van der Waals surface area contributed by atoms with E-state index in [9.17, 15) is 13.2 Å². The third kappa shape index (κ3) is 3.13. The molecule has 8 heteroatoms. The highest BCUT2D eigenvalue weighted by molar-refractivity contribution is 5.74. The summed E-state index contributed by atoms with van der Waals surface area (Å²) >= 11 is 0. The van der Waals surface area contributed by atoms with Crippen LogP contribution in [-0.2, 0) is 11.3 Å². The van der Waals surface area contributed by atoms with Gasteiger partial charge in [0.05, 0.1) is 5.92 Å². The maximum atomic E-state index is 13.6. The van der Waals surface area contributed by atoms with Crippen molar-refractivity contribution < 1.29 is 17.9 Å². The molecule has 0 saturated carbocycles. The summed E-state index contributed by atoms with van der Waals surface area (Å²) in [6.45, 7) is 2.32. The fourth-order valence-corrected chi connectivity index (χ4v) is 4.45. The Labute approximate surface area is 143 Å². The number of ether oxygens (including phenoxy) is 1. The molecule has 5 nitrogen and oxygen atoms in total. The monoisotopic (exact) mass is 354 g/mol. The van der Waals surface area contributed by atoms with E-state index < -0.39 is 17.5 Å². The van der Waals surface area contributed by atoms with Gasteiger partial charge in [-0.15, -0.1) is 0 Å². The maximum absolute atomic E-state index is 13.6. The molecule has 0 aliphatic carbocycles. The van der Waals surface area contributed by atoms with Crippen LogP contribution in [0.4, 0.5) is 13.2 Å². The molecule has 25 heavy (non-hydrogen) atoms. The molecule has 2 aromatic rings. The van der Waals surface area contributed by atoms with Crippen LogP contribution >= 0.6 is 0 Å². The number of rotatable bonds is 2. The molecule has 2 aliphatic rings. The minimum absolute atomic E-state index is 0.150. The van der Waals surface area contributed by atoms with Gasteiger partial charge >= 0.3 is 6.18 Å². The van der Waals surface area contributed by atoms with Gasteiger partial charge in [-0.05, 0) is 31.2 Å². The Morgan fingerprint density at radius 1 is 1.24 bits per heavy atom. The first-order valence-electron chi connectivity index (χ1n) is 8.62. The number of likely N-dealkylation sites (tertiary alicyclic amines) is 1. The summed E-state index contributed by atoms with van der Waals surface area (Å²) in [6.07, 6.45) is 2.07. The van der Waals surface area contributed by atoms with Gasteiger partial charge in [-0.1, -0.05) is 0 Å². The van der Waals surface area contributed by atoms with Crippen LogP contribution in [0.5, 0.6) is 0 Å². The van der Waals surface area contributed by atoms with Gasteiger partial charge < -0.3 is 9.72 Å². The molecule has 1 spiro atoms. The van der Waals surface area contributed by atoms with E-state index in [-0.39, 0.29) is 6.42 Å². The number of piperidine rings is 1. The van der Waals surface area contributed by atoms with Gasteiger partial charge in [-0.3, -0.25) is 9.88 Å². The van der Waals surface area contributed by atoms with Gasteiger partial charge in [-0.25, -0.2) is 4.98 Å². The lowest BCUT2D eigenvalue weighted by Gasteiger charge is -2.50. The first-order chi connectivity index (χ1) is 12.0. The Morgan fingerprint density at radius 2 is 2.00 bits per heavy atom. The highest BCUT2D eigenvalue weighted by Gasteiger charge is 2.55. The Bertz CT molecular complexity index is 739. The van der Waals surface area contributed by atoms with Gasteiger partial charge in [-0.2, -0.15) is 13.2 Å². The molecule has 0 bridgehead atoms. The number of nitrogens with one attached hydrogen (secondary N) is 1. The van der Waals surface area contributed by atoms with E-state index in [0.29, 0.717) is 51.3 Å². The molecule has 136 valence electrons. The van der Waals surface area contributed by atoms with E-state index in [1.54, 1.807) is 12.4 Å². The predicted molar refractivity (Wildman–Crippen MR) is 85.8 cm³/mol. The largest absolute Gasteiger partial charge is 0.392 e. The van der Waals surface area contributed by atoms with E-state index >= 15 is 0 Å². The van der Waals surface area contributed by atoms with Crippen molar-refractivity contribution in [3.8, 4) is 0 Å². The van der Waals surface area contributed by atoms with E-state index in [1.807, 2.05) is 6.20 Å². The third-order valence-electron chi connectivity index (χ3n) is 5.67. The minimum atomic E-state index is -4.14. The summed E-state index contributed by atoms with van der Waals surface area (Å²) in [5.41, 5.74) is 1.76. The molecule has 4 rings (SSSR count). The Morgan fingerprint density at radius 3 is 2.76 bits per heavy atom. The van der Waals surface area contributed by atoms with E-state index in [2.05, 4.69) is 19.9 Å². The van der Waals surface area contributed by atoms with Gasteiger partial charge in [0.2, 0.25) is 0 Å². The smallest absolute Gasteiger partial charge is 0.381 e. The van der Waals surface area contributed by atoms with Crippen molar-refractivity contribution in [1.82, 2.24) is 19.9 Å². The third-order valence-corrected chi connectivity index (χ3v) is 5.67. The van der Waals surface area contributed by atoms with E-state index in [0.717, 1.165) is 11.1 Å². The van der Waals surface area contributed by atoms with Crippen LogP contribution in [-0.4, -0.2) is 52.3 Å². The topological polar surface area (TPSA) is 54.0 Å². The molecule has 2 aliphatic heterocycles. The summed E-state index contributed by atoms with van der Waals surface area (Å²) in [4.78, 5) is 13.8.